The summed E-state index contributed by atoms with van der Waals surface area (Å²) < 4.78 is 24.9. The summed E-state index contributed by atoms with van der Waals surface area (Å²) in [7, 11) is 1.43. The Balaban J connectivity index is 1.57. The first-order valence-corrected chi connectivity index (χ1v) is 10.7. The molecule has 3 aromatic rings. The Hall–Kier alpha value is -3.49. The van der Waals surface area contributed by atoms with Crippen LogP contribution >= 0.6 is 24.0 Å². The third-order valence-electron chi connectivity index (χ3n) is 4.59. The number of hydrogen-bond acceptors (Lipinski definition) is 6. The minimum Gasteiger partial charge on any atom is -0.493 e. The number of halogens is 1. The molecule has 0 aromatic heterocycles. The standard InChI is InChI=1S/C24H16FNO4S2/c1-29-20-13-15(11-12-19(20)30-23(28)17-9-5-6-10-18(17)25)14-21-22(27)26(24(31)32-21)16-7-3-2-4-8-16/h2-14H,1H3/b21-14+. The van der Waals surface area contributed by atoms with Crippen molar-refractivity contribution in [3.8, 4) is 11.5 Å². The van der Waals surface area contributed by atoms with E-state index in [0.717, 1.165) is 0 Å². The number of methoxy groups -OCH3 is 1. The summed E-state index contributed by atoms with van der Waals surface area (Å²) in [6, 6.07) is 19.5. The molecule has 0 atom stereocenters. The Morgan fingerprint density at radius 3 is 2.47 bits per heavy atom. The molecule has 1 saturated heterocycles. The lowest BCUT2D eigenvalue weighted by Gasteiger charge is -2.13. The van der Waals surface area contributed by atoms with Gasteiger partial charge in [-0.25, -0.2) is 9.18 Å². The average Bonchev–Trinajstić information content (AvgIpc) is 3.08. The molecule has 0 saturated carbocycles. The summed E-state index contributed by atoms with van der Waals surface area (Å²) in [6.07, 6.45) is 1.69. The van der Waals surface area contributed by atoms with Crippen LogP contribution in [0.5, 0.6) is 11.5 Å². The maximum absolute atomic E-state index is 13.9. The lowest BCUT2D eigenvalue weighted by atomic mass is 10.1. The first-order chi connectivity index (χ1) is 15.5. The molecule has 5 nitrogen and oxygen atoms in total. The lowest BCUT2D eigenvalue weighted by molar-refractivity contribution is -0.113. The van der Waals surface area contributed by atoms with Crippen molar-refractivity contribution in [1.82, 2.24) is 0 Å². The quantitative estimate of drug-likeness (QED) is 0.216. The Morgan fingerprint density at radius 1 is 1.03 bits per heavy atom. The van der Waals surface area contributed by atoms with Crippen LogP contribution in [-0.4, -0.2) is 23.3 Å². The summed E-state index contributed by atoms with van der Waals surface area (Å²) in [4.78, 5) is 27.1. The van der Waals surface area contributed by atoms with Gasteiger partial charge in [-0.2, -0.15) is 0 Å². The van der Waals surface area contributed by atoms with Gasteiger partial charge in [0, 0.05) is 0 Å². The van der Waals surface area contributed by atoms with Crippen molar-refractivity contribution in [3.05, 3.63) is 94.6 Å². The number of thioether (sulfide) groups is 1. The molecular formula is C24H16FNO4S2. The maximum atomic E-state index is 13.9. The van der Waals surface area contributed by atoms with Crippen LogP contribution in [0.2, 0.25) is 0 Å². The molecule has 1 amide bonds. The van der Waals surface area contributed by atoms with Crippen LogP contribution in [0.25, 0.3) is 6.08 Å². The lowest BCUT2D eigenvalue weighted by Crippen LogP contribution is -2.27. The number of thiocarbonyl (C=S) groups is 1. The highest BCUT2D eigenvalue weighted by molar-refractivity contribution is 8.27. The minimum atomic E-state index is -0.835. The molecule has 0 aliphatic carbocycles. The monoisotopic (exact) mass is 465 g/mol. The Bertz CT molecular complexity index is 1240. The molecule has 4 rings (SSSR count). The Labute approximate surface area is 193 Å². The maximum Gasteiger partial charge on any atom is 0.346 e. The summed E-state index contributed by atoms with van der Waals surface area (Å²) in [6.45, 7) is 0. The van der Waals surface area contributed by atoms with Gasteiger partial charge in [-0.1, -0.05) is 60.4 Å². The zero-order valence-corrected chi connectivity index (χ0v) is 18.4. The predicted molar refractivity (Wildman–Crippen MR) is 126 cm³/mol. The number of hydrogen-bond donors (Lipinski definition) is 0. The topological polar surface area (TPSA) is 55.8 Å². The first-order valence-electron chi connectivity index (χ1n) is 9.45. The highest BCUT2D eigenvalue weighted by atomic mass is 32.2. The normalized spacial score (nSPS) is 14.7. The van der Waals surface area contributed by atoms with E-state index in [0.29, 0.717) is 20.5 Å². The van der Waals surface area contributed by atoms with Crippen LogP contribution in [-0.2, 0) is 4.79 Å². The van der Waals surface area contributed by atoms with E-state index < -0.39 is 11.8 Å². The van der Waals surface area contributed by atoms with Gasteiger partial charge in [0.15, 0.2) is 15.8 Å². The van der Waals surface area contributed by atoms with Gasteiger partial charge in [-0.05, 0) is 48.0 Å². The van der Waals surface area contributed by atoms with Crippen molar-refractivity contribution >= 4 is 51.9 Å². The average molecular weight is 466 g/mol. The Morgan fingerprint density at radius 2 is 1.75 bits per heavy atom. The number of rotatable bonds is 5. The van der Waals surface area contributed by atoms with Crippen LogP contribution in [0.4, 0.5) is 10.1 Å². The third-order valence-corrected chi connectivity index (χ3v) is 5.89. The number of carbonyl (C=O) groups excluding carboxylic acids is 2. The van der Waals surface area contributed by atoms with Crippen molar-refractivity contribution in [1.29, 1.82) is 0 Å². The first kappa shape index (κ1) is 21.7. The van der Waals surface area contributed by atoms with E-state index in [2.05, 4.69) is 0 Å². The summed E-state index contributed by atoms with van der Waals surface area (Å²) >= 11 is 6.58. The smallest absolute Gasteiger partial charge is 0.346 e. The molecule has 1 aliphatic heterocycles. The summed E-state index contributed by atoms with van der Waals surface area (Å²) in [5.41, 5.74) is 1.18. The molecule has 1 fully saturated rings. The highest BCUT2D eigenvalue weighted by Gasteiger charge is 2.33. The molecule has 0 bridgehead atoms. The van der Waals surface area contributed by atoms with Crippen molar-refractivity contribution in [2.24, 2.45) is 0 Å². The van der Waals surface area contributed by atoms with Gasteiger partial charge < -0.3 is 9.47 Å². The van der Waals surface area contributed by atoms with Crippen molar-refractivity contribution < 1.29 is 23.5 Å². The number of benzene rings is 3. The number of anilines is 1. The number of amides is 1. The van der Waals surface area contributed by atoms with Gasteiger partial charge in [0.25, 0.3) is 5.91 Å². The van der Waals surface area contributed by atoms with Gasteiger partial charge in [-0.15, -0.1) is 0 Å². The molecular weight excluding hydrogens is 449 g/mol. The van der Waals surface area contributed by atoms with Crippen LogP contribution < -0.4 is 14.4 Å². The molecule has 0 spiro atoms. The van der Waals surface area contributed by atoms with Crippen LogP contribution in [0.1, 0.15) is 15.9 Å². The largest absolute Gasteiger partial charge is 0.493 e. The van der Waals surface area contributed by atoms with Crippen molar-refractivity contribution in [2.45, 2.75) is 0 Å². The molecule has 0 N–H and O–H groups in total. The third kappa shape index (κ3) is 4.42. The van der Waals surface area contributed by atoms with E-state index in [1.54, 1.807) is 24.3 Å². The van der Waals surface area contributed by atoms with E-state index in [4.69, 9.17) is 21.7 Å². The fourth-order valence-corrected chi connectivity index (χ4v) is 4.36. The molecule has 8 heteroatoms. The summed E-state index contributed by atoms with van der Waals surface area (Å²) in [5.74, 6) is -1.33. The molecule has 0 radical (unpaired) electrons. The van der Waals surface area contributed by atoms with Crippen LogP contribution in [0, 0.1) is 5.82 Å². The fourth-order valence-electron chi connectivity index (χ4n) is 3.06. The van der Waals surface area contributed by atoms with Gasteiger partial charge >= 0.3 is 5.97 Å². The van der Waals surface area contributed by atoms with E-state index in [9.17, 15) is 14.0 Å². The highest BCUT2D eigenvalue weighted by Crippen LogP contribution is 2.37. The zero-order chi connectivity index (χ0) is 22.7. The number of carbonyl (C=O) groups is 2. The molecule has 32 heavy (non-hydrogen) atoms. The molecule has 0 unspecified atom stereocenters. The van der Waals surface area contributed by atoms with Gasteiger partial charge in [0.2, 0.25) is 0 Å². The van der Waals surface area contributed by atoms with Crippen LogP contribution in [0.3, 0.4) is 0 Å². The number of para-hydroxylation sites is 1. The molecule has 1 heterocycles. The Kier molecular flexibility index (Phi) is 6.34. The second-order valence-corrected chi connectivity index (χ2v) is 8.31. The van der Waals surface area contributed by atoms with E-state index in [1.165, 1.54) is 48.0 Å². The van der Waals surface area contributed by atoms with E-state index in [-0.39, 0.29) is 23.0 Å². The molecule has 1 aliphatic rings. The van der Waals surface area contributed by atoms with Crippen LogP contribution in [0.15, 0.2) is 77.7 Å². The van der Waals surface area contributed by atoms with E-state index >= 15 is 0 Å². The number of nitrogens with zero attached hydrogens (tertiary/aromatic N) is 1. The van der Waals surface area contributed by atoms with Crippen molar-refractivity contribution in [2.75, 3.05) is 12.0 Å². The van der Waals surface area contributed by atoms with Gasteiger partial charge in [0.05, 0.1) is 23.3 Å². The molecule has 160 valence electrons. The molecule has 3 aromatic carbocycles. The van der Waals surface area contributed by atoms with E-state index in [1.807, 2.05) is 30.3 Å². The van der Waals surface area contributed by atoms with Gasteiger partial charge in [0.1, 0.15) is 5.82 Å². The number of esters is 1. The zero-order valence-electron chi connectivity index (χ0n) is 16.8. The SMILES string of the molecule is COc1cc(/C=C2/SC(=S)N(c3ccccc3)C2=O)ccc1OC(=O)c1ccccc1F. The second-order valence-electron chi connectivity index (χ2n) is 6.63. The fraction of sp³-hybridized carbons (Fsp3) is 0.0417. The number of ether oxygens (including phenoxy) is 2. The van der Waals surface area contributed by atoms with Gasteiger partial charge in [-0.3, -0.25) is 9.69 Å². The predicted octanol–water partition coefficient (Wildman–Crippen LogP) is 5.46. The second kappa shape index (κ2) is 9.33. The minimum absolute atomic E-state index is 0.134. The van der Waals surface area contributed by atoms with Crippen molar-refractivity contribution in [3.63, 3.8) is 0 Å². The summed E-state index contributed by atoms with van der Waals surface area (Å²) in [5, 5.41) is 0.